The van der Waals surface area contributed by atoms with Gasteiger partial charge >= 0.3 is 0 Å². The number of rotatable bonds is 1. The maximum absolute atomic E-state index is 11.8. The molecular formula is C13H21N3O. The van der Waals surface area contributed by atoms with Gasteiger partial charge in [-0.1, -0.05) is 13.0 Å². The van der Waals surface area contributed by atoms with Gasteiger partial charge in [-0.05, 0) is 37.9 Å². The van der Waals surface area contributed by atoms with Gasteiger partial charge in [0.2, 0.25) is 5.91 Å². The van der Waals surface area contributed by atoms with Gasteiger partial charge in [-0.2, -0.15) is 0 Å². The second kappa shape index (κ2) is 5.00. The Morgan fingerprint density at radius 2 is 2.12 bits per heavy atom. The van der Waals surface area contributed by atoms with E-state index in [1.165, 1.54) is 5.57 Å². The molecule has 0 atom stereocenters. The molecule has 0 saturated carbocycles. The van der Waals surface area contributed by atoms with Gasteiger partial charge in [0.1, 0.15) is 5.84 Å². The van der Waals surface area contributed by atoms with E-state index in [9.17, 15) is 4.79 Å². The number of allylic oxidation sites excluding steroid dienone is 1. The molecule has 0 aliphatic carbocycles. The van der Waals surface area contributed by atoms with Crippen LogP contribution < -0.4 is 10.6 Å². The van der Waals surface area contributed by atoms with E-state index in [0.29, 0.717) is 6.42 Å². The van der Waals surface area contributed by atoms with Crippen molar-refractivity contribution in [2.24, 2.45) is 10.4 Å². The molecule has 1 spiro atoms. The van der Waals surface area contributed by atoms with Gasteiger partial charge in [0.05, 0.1) is 0 Å². The maximum Gasteiger partial charge on any atom is 0.226 e. The molecule has 94 valence electrons. The quantitative estimate of drug-likeness (QED) is 0.718. The highest BCUT2D eigenvalue weighted by atomic mass is 16.1. The Morgan fingerprint density at radius 3 is 2.71 bits per heavy atom. The fourth-order valence-electron chi connectivity index (χ4n) is 2.94. The Bertz CT molecular complexity index is 365. The lowest BCUT2D eigenvalue weighted by atomic mass is 9.67. The van der Waals surface area contributed by atoms with Crippen molar-refractivity contribution in [3.05, 3.63) is 11.6 Å². The van der Waals surface area contributed by atoms with E-state index in [1.54, 1.807) is 7.05 Å². The van der Waals surface area contributed by atoms with E-state index < -0.39 is 0 Å². The van der Waals surface area contributed by atoms with Crippen LogP contribution in [0.5, 0.6) is 0 Å². The minimum Gasteiger partial charge on any atom is -0.317 e. The van der Waals surface area contributed by atoms with Crippen LogP contribution in [0.3, 0.4) is 0 Å². The molecule has 2 aliphatic rings. The van der Waals surface area contributed by atoms with Crippen molar-refractivity contribution >= 4 is 11.7 Å². The summed E-state index contributed by atoms with van der Waals surface area (Å²) >= 11 is 0. The Kier molecular flexibility index (Phi) is 3.62. The van der Waals surface area contributed by atoms with E-state index in [1.807, 2.05) is 0 Å². The Hall–Kier alpha value is -1.16. The average molecular weight is 235 g/mol. The summed E-state index contributed by atoms with van der Waals surface area (Å²) in [5, 5.41) is 6.26. The lowest BCUT2D eigenvalue weighted by Gasteiger charge is -2.42. The number of carbonyl (C=O) groups excluding carboxylic acids is 1. The van der Waals surface area contributed by atoms with E-state index >= 15 is 0 Å². The summed E-state index contributed by atoms with van der Waals surface area (Å²) in [5.74, 6) is 0.894. The highest BCUT2D eigenvalue weighted by Gasteiger charge is 2.43. The molecule has 2 saturated heterocycles. The van der Waals surface area contributed by atoms with Gasteiger partial charge in [-0.3, -0.25) is 9.79 Å². The van der Waals surface area contributed by atoms with Gasteiger partial charge in [0.25, 0.3) is 0 Å². The molecule has 2 heterocycles. The molecule has 2 rings (SSSR count). The van der Waals surface area contributed by atoms with E-state index in [2.05, 4.69) is 28.6 Å². The summed E-state index contributed by atoms with van der Waals surface area (Å²) in [5.41, 5.74) is 1.28. The molecule has 4 nitrogen and oxygen atoms in total. The van der Waals surface area contributed by atoms with Crippen LogP contribution in [0.1, 0.15) is 32.6 Å². The van der Waals surface area contributed by atoms with Crippen LogP contribution in [0.15, 0.2) is 16.6 Å². The molecule has 17 heavy (non-hydrogen) atoms. The Morgan fingerprint density at radius 1 is 1.41 bits per heavy atom. The number of carbonyl (C=O) groups is 1. The van der Waals surface area contributed by atoms with Gasteiger partial charge in [-0.25, -0.2) is 0 Å². The highest BCUT2D eigenvalue weighted by molar-refractivity contribution is 6.11. The topological polar surface area (TPSA) is 53.5 Å². The SMILES string of the molecule is CC/C=C1\C(=NC)NC(=O)CC12CCNCC2. The molecule has 4 heteroatoms. The van der Waals surface area contributed by atoms with Crippen LogP contribution in [-0.4, -0.2) is 31.9 Å². The van der Waals surface area contributed by atoms with Crippen LogP contribution >= 0.6 is 0 Å². The van der Waals surface area contributed by atoms with E-state index in [-0.39, 0.29) is 11.3 Å². The van der Waals surface area contributed by atoms with Gasteiger partial charge < -0.3 is 10.6 Å². The highest BCUT2D eigenvalue weighted by Crippen LogP contribution is 2.42. The molecule has 0 radical (unpaired) electrons. The number of nitrogens with one attached hydrogen (secondary N) is 2. The standard InChI is InChI=1S/C13H21N3O/c1-3-4-10-12(14-2)16-11(17)9-13(10)5-7-15-8-6-13/h4,15H,3,5-9H2,1-2H3,(H,14,16,17)/b10-4+. The normalized spacial score (nSPS) is 28.7. The van der Waals surface area contributed by atoms with Crippen molar-refractivity contribution in [2.75, 3.05) is 20.1 Å². The number of amidine groups is 1. The second-order valence-corrected chi connectivity index (χ2v) is 4.85. The first-order valence-corrected chi connectivity index (χ1v) is 6.40. The summed E-state index contributed by atoms with van der Waals surface area (Å²) in [6.07, 6.45) is 5.89. The number of nitrogens with zero attached hydrogens (tertiary/aromatic N) is 1. The molecule has 0 aromatic heterocycles. The van der Waals surface area contributed by atoms with Crippen molar-refractivity contribution in [1.29, 1.82) is 0 Å². The third kappa shape index (κ3) is 2.27. The molecule has 2 aliphatic heterocycles. The monoisotopic (exact) mass is 235 g/mol. The fourth-order valence-corrected chi connectivity index (χ4v) is 2.94. The number of amides is 1. The van der Waals surface area contributed by atoms with Gasteiger partial charge in [0, 0.05) is 18.9 Å². The first-order chi connectivity index (χ1) is 8.22. The van der Waals surface area contributed by atoms with Crippen molar-refractivity contribution in [1.82, 2.24) is 10.6 Å². The van der Waals surface area contributed by atoms with Crippen molar-refractivity contribution in [3.63, 3.8) is 0 Å². The largest absolute Gasteiger partial charge is 0.317 e. The third-order valence-electron chi connectivity index (χ3n) is 3.78. The number of hydrogen-bond donors (Lipinski definition) is 2. The van der Waals surface area contributed by atoms with Crippen LogP contribution in [0, 0.1) is 5.41 Å². The summed E-state index contributed by atoms with van der Waals surface area (Å²) in [6.45, 7) is 4.11. The van der Waals surface area contributed by atoms with E-state index in [0.717, 1.165) is 38.2 Å². The molecule has 2 N–H and O–H groups in total. The number of piperidine rings is 2. The summed E-state index contributed by atoms with van der Waals surface area (Å²) in [4.78, 5) is 16.1. The summed E-state index contributed by atoms with van der Waals surface area (Å²) in [6, 6.07) is 0. The lowest BCUT2D eigenvalue weighted by Crippen LogP contribution is -2.51. The summed E-state index contributed by atoms with van der Waals surface area (Å²) in [7, 11) is 1.75. The van der Waals surface area contributed by atoms with Gasteiger partial charge in [0.15, 0.2) is 0 Å². The van der Waals surface area contributed by atoms with E-state index in [4.69, 9.17) is 0 Å². The zero-order valence-electron chi connectivity index (χ0n) is 10.7. The Balaban J connectivity index is 2.38. The predicted molar refractivity (Wildman–Crippen MR) is 69.0 cm³/mol. The predicted octanol–water partition coefficient (Wildman–Crippen LogP) is 1.24. The number of aliphatic imine (C=N–C) groups is 1. The average Bonchev–Trinajstić information content (AvgIpc) is 2.33. The second-order valence-electron chi connectivity index (χ2n) is 4.85. The molecule has 0 aromatic carbocycles. The van der Waals surface area contributed by atoms with Crippen molar-refractivity contribution < 1.29 is 4.79 Å². The smallest absolute Gasteiger partial charge is 0.226 e. The minimum absolute atomic E-state index is 0.0262. The third-order valence-corrected chi connectivity index (χ3v) is 3.78. The zero-order valence-corrected chi connectivity index (χ0v) is 10.7. The van der Waals surface area contributed by atoms with Crippen LogP contribution in [0.2, 0.25) is 0 Å². The van der Waals surface area contributed by atoms with Crippen LogP contribution in [0.4, 0.5) is 0 Å². The zero-order chi connectivity index (χ0) is 12.3. The molecule has 0 unspecified atom stereocenters. The molecule has 1 amide bonds. The van der Waals surface area contributed by atoms with Crippen LogP contribution in [0.25, 0.3) is 0 Å². The fraction of sp³-hybridized carbons (Fsp3) is 0.692. The van der Waals surface area contributed by atoms with Crippen molar-refractivity contribution in [3.8, 4) is 0 Å². The first-order valence-electron chi connectivity index (χ1n) is 6.40. The molecule has 0 bridgehead atoms. The minimum atomic E-state index is 0.0262. The molecular weight excluding hydrogens is 214 g/mol. The summed E-state index contributed by atoms with van der Waals surface area (Å²) < 4.78 is 0. The first kappa shape index (κ1) is 12.3. The molecule has 0 aromatic rings. The van der Waals surface area contributed by atoms with Gasteiger partial charge in [-0.15, -0.1) is 0 Å². The number of hydrogen-bond acceptors (Lipinski definition) is 3. The maximum atomic E-state index is 11.8. The van der Waals surface area contributed by atoms with Crippen molar-refractivity contribution in [2.45, 2.75) is 32.6 Å². The van der Waals surface area contributed by atoms with Crippen LogP contribution in [-0.2, 0) is 4.79 Å². The Labute approximate surface area is 103 Å². The lowest BCUT2D eigenvalue weighted by molar-refractivity contribution is -0.122. The molecule has 2 fully saturated rings.